The average Bonchev–Trinajstić information content (AvgIpc) is 2.99. The number of benzene rings is 1. The maximum atomic E-state index is 12.8. The van der Waals surface area contributed by atoms with Gasteiger partial charge in [0.1, 0.15) is 6.54 Å². The lowest BCUT2D eigenvalue weighted by Crippen LogP contribution is -2.61. The Bertz CT molecular complexity index is 811. The first-order valence-corrected chi connectivity index (χ1v) is 9.44. The van der Waals surface area contributed by atoms with Gasteiger partial charge < -0.3 is 4.74 Å². The Labute approximate surface area is 161 Å². The minimum absolute atomic E-state index is 0.291. The minimum atomic E-state index is -0.635. The maximum absolute atomic E-state index is 12.8. The van der Waals surface area contributed by atoms with Crippen LogP contribution in [0.25, 0.3) is 0 Å². The first-order valence-electron chi connectivity index (χ1n) is 8.08. The Kier molecular flexibility index (Phi) is 5.64. The number of amidine groups is 2. The molecule has 2 aliphatic rings. The number of urea groups is 1. The molecule has 1 atom stereocenters. The largest absolute Gasteiger partial charge is 0.384 e. The summed E-state index contributed by atoms with van der Waals surface area (Å²) in [6, 6.07) is 6.48. The van der Waals surface area contributed by atoms with Gasteiger partial charge in [0.2, 0.25) is 0 Å². The number of nitrogens with zero attached hydrogens (tertiary/aromatic N) is 4. The van der Waals surface area contributed by atoms with Gasteiger partial charge in [0.15, 0.2) is 0 Å². The third-order valence-corrected chi connectivity index (χ3v) is 5.63. The number of amides is 3. The molecule has 0 N–H and O–H groups in total. The van der Waals surface area contributed by atoms with Crippen LogP contribution in [0.3, 0.4) is 0 Å². The van der Waals surface area contributed by atoms with E-state index in [9.17, 15) is 9.59 Å². The van der Waals surface area contributed by atoms with E-state index >= 15 is 0 Å². The molecule has 1 saturated heterocycles. The van der Waals surface area contributed by atoms with Crippen molar-refractivity contribution in [2.24, 2.45) is 4.99 Å². The molecule has 1 fully saturated rings. The third-order valence-electron chi connectivity index (χ3n) is 4.31. The molecule has 1 aromatic carbocycles. The van der Waals surface area contributed by atoms with Crippen LogP contribution in [-0.4, -0.2) is 76.9 Å². The molecule has 26 heavy (non-hydrogen) atoms. The summed E-state index contributed by atoms with van der Waals surface area (Å²) in [5.41, 5.74) is 0.894. The number of halogens is 1. The van der Waals surface area contributed by atoms with Gasteiger partial charge in [0.05, 0.1) is 6.61 Å². The van der Waals surface area contributed by atoms with Crippen molar-refractivity contribution in [3.05, 3.63) is 34.9 Å². The zero-order valence-electron chi connectivity index (χ0n) is 14.8. The highest BCUT2D eigenvalue weighted by atomic mass is 35.5. The summed E-state index contributed by atoms with van der Waals surface area (Å²) in [7, 11) is 4.76. The van der Waals surface area contributed by atoms with Crippen molar-refractivity contribution >= 4 is 46.3 Å². The van der Waals surface area contributed by atoms with Crippen LogP contribution >= 0.6 is 23.4 Å². The number of rotatable bonds is 5. The van der Waals surface area contributed by atoms with Crippen LogP contribution < -0.4 is 0 Å². The molecule has 0 spiro atoms. The number of hydrogen-bond acceptors (Lipinski definition) is 5. The van der Waals surface area contributed by atoms with Gasteiger partial charge in [-0.15, -0.1) is 0 Å². The number of ether oxygens (including phenoxy) is 1. The first-order chi connectivity index (χ1) is 12.5. The molecule has 0 aliphatic carbocycles. The second-order valence-corrected chi connectivity index (χ2v) is 7.42. The zero-order chi connectivity index (χ0) is 18.8. The molecule has 0 bridgehead atoms. The summed E-state index contributed by atoms with van der Waals surface area (Å²) in [6.07, 6.45) is 0. The number of fused-ring (bicyclic) bond motifs is 1. The Hall–Kier alpha value is -1.90. The van der Waals surface area contributed by atoms with E-state index in [1.54, 1.807) is 14.2 Å². The molecule has 0 aromatic heterocycles. The van der Waals surface area contributed by atoms with Crippen LogP contribution in [-0.2, 0) is 16.1 Å². The molecule has 2 aliphatic heterocycles. The number of likely N-dealkylation sites (N-methyl/N-ethyl adjacent to an activating group) is 2. The molecule has 1 unspecified atom stereocenters. The van der Waals surface area contributed by atoms with Gasteiger partial charge in [-0.05, 0) is 22.8 Å². The van der Waals surface area contributed by atoms with E-state index in [1.807, 2.05) is 28.8 Å². The van der Waals surface area contributed by atoms with Crippen LogP contribution in [0.1, 0.15) is 5.56 Å². The second-order valence-electron chi connectivity index (χ2n) is 5.95. The zero-order valence-corrected chi connectivity index (χ0v) is 16.4. The van der Waals surface area contributed by atoms with Crippen molar-refractivity contribution in [3.63, 3.8) is 0 Å². The van der Waals surface area contributed by atoms with Crippen molar-refractivity contribution in [1.29, 1.82) is 0 Å². The molecule has 0 saturated carbocycles. The summed E-state index contributed by atoms with van der Waals surface area (Å²) in [5, 5.41) is 1.31. The lowest BCUT2D eigenvalue weighted by Gasteiger charge is -2.30. The van der Waals surface area contributed by atoms with E-state index in [-0.39, 0.29) is 11.9 Å². The first kappa shape index (κ1) is 18.9. The molecule has 7 nitrogen and oxygen atoms in total. The van der Waals surface area contributed by atoms with Crippen LogP contribution in [0.2, 0.25) is 5.02 Å². The fourth-order valence-electron chi connectivity index (χ4n) is 2.88. The summed E-state index contributed by atoms with van der Waals surface area (Å²) in [6.45, 7) is 0.987. The third kappa shape index (κ3) is 3.36. The summed E-state index contributed by atoms with van der Waals surface area (Å²) < 4.78 is 7.01. The van der Waals surface area contributed by atoms with Crippen LogP contribution in [0, 0.1) is 0 Å². The van der Waals surface area contributed by atoms with E-state index in [0.717, 1.165) is 10.5 Å². The predicted octanol–water partition coefficient (Wildman–Crippen LogP) is 1.89. The molecule has 3 amide bonds. The van der Waals surface area contributed by atoms with E-state index < -0.39 is 6.04 Å². The predicted molar refractivity (Wildman–Crippen MR) is 102 cm³/mol. The Morgan fingerprint density at radius 2 is 2.00 bits per heavy atom. The molecular formula is C17H20ClN4O3S+. The highest BCUT2D eigenvalue weighted by Gasteiger charge is 2.53. The number of carbonyl (C=O) groups is 2. The summed E-state index contributed by atoms with van der Waals surface area (Å²) in [4.78, 5) is 32.2. The quantitative estimate of drug-likeness (QED) is 0.564. The fourth-order valence-corrected chi connectivity index (χ4v) is 4.00. The average molecular weight is 396 g/mol. The second kappa shape index (κ2) is 7.77. The smallest absolute Gasteiger partial charge is 0.358 e. The van der Waals surface area contributed by atoms with Gasteiger partial charge in [0.25, 0.3) is 17.8 Å². The topological polar surface area (TPSA) is 65.2 Å². The van der Waals surface area contributed by atoms with Crippen molar-refractivity contribution in [2.45, 2.75) is 12.6 Å². The number of aliphatic imine (C=N–C) groups is 1. The highest BCUT2D eigenvalue weighted by molar-refractivity contribution is 8.13. The molecular weight excluding hydrogens is 376 g/mol. The van der Waals surface area contributed by atoms with E-state index in [0.29, 0.717) is 34.9 Å². The monoisotopic (exact) mass is 395 g/mol. The van der Waals surface area contributed by atoms with Gasteiger partial charge in [-0.3, -0.25) is 14.6 Å². The lowest BCUT2D eigenvalue weighted by atomic mass is 10.1. The molecule has 1 aromatic rings. The van der Waals surface area contributed by atoms with Crippen molar-refractivity contribution < 1.29 is 18.9 Å². The highest BCUT2D eigenvalue weighted by Crippen LogP contribution is 2.26. The number of carbonyl (C=O) groups excluding carboxylic acids is 2. The van der Waals surface area contributed by atoms with Crippen LogP contribution in [0.5, 0.6) is 0 Å². The van der Waals surface area contributed by atoms with Gasteiger partial charge >= 0.3 is 11.2 Å². The molecule has 9 heteroatoms. The van der Waals surface area contributed by atoms with Gasteiger partial charge in [0, 0.05) is 37.5 Å². The minimum Gasteiger partial charge on any atom is -0.384 e. The van der Waals surface area contributed by atoms with E-state index in [4.69, 9.17) is 16.3 Å². The van der Waals surface area contributed by atoms with Crippen molar-refractivity contribution in [1.82, 2.24) is 9.80 Å². The number of methoxy groups -OCH3 is 1. The van der Waals surface area contributed by atoms with Gasteiger partial charge in [-0.25, -0.2) is 9.37 Å². The Morgan fingerprint density at radius 3 is 2.69 bits per heavy atom. The normalized spacial score (nSPS) is 20.0. The molecule has 138 valence electrons. The maximum Gasteiger partial charge on any atom is 0.358 e. The Balaban J connectivity index is 1.98. The van der Waals surface area contributed by atoms with Crippen LogP contribution in [0.15, 0.2) is 29.3 Å². The van der Waals surface area contributed by atoms with Crippen molar-refractivity contribution in [3.8, 4) is 0 Å². The van der Waals surface area contributed by atoms with E-state index in [1.165, 1.54) is 23.7 Å². The number of thioether (sulfide) groups is 1. The number of hydrogen-bond donors (Lipinski definition) is 0. The SMILES string of the molecule is COCCSC1=[N+](Cc2ccccc2Cl)C2C(=O)N(C)C(=O)N(C)C2=N1. The van der Waals surface area contributed by atoms with Crippen LogP contribution in [0.4, 0.5) is 4.79 Å². The molecule has 3 rings (SSSR count). The summed E-state index contributed by atoms with van der Waals surface area (Å²) in [5.74, 6) is 0.849. The Morgan fingerprint density at radius 1 is 1.27 bits per heavy atom. The lowest BCUT2D eigenvalue weighted by molar-refractivity contribution is -0.548. The van der Waals surface area contributed by atoms with Crippen molar-refractivity contribution in [2.75, 3.05) is 33.6 Å². The van der Waals surface area contributed by atoms with Gasteiger partial charge in [-0.2, -0.15) is 0 Å². The number of imide groups is 1. The molecule has 0 radical (unpaired) electrons. The summed E-state index contributed by atoms with van der Waals surface area (Å²) >= 11 is 7.80. The standard InChI is InChI=1S/C17H20ClN4O3S/c1-20-14-13(15(23)21(2)17(20)24)22(16(19-14)26-9-8-25-3)10-11-6-4-5-7-12(11)18/h4-7,13H,8-10H2,1-3H3/q+1. The van der Waals surface area contributed by atoms with Gasteiger partial charge in [-0.1, -0.05) is 29.8 Å². The molecule has 2 heterocycles. The fraction of sp³-hybridized carbons (Fsp3) is 0.412. The van der Waals surface area contributed by atoms with E-state index in [2.05, 4.69) is 4.99 Å².